The van der Waals surface area contributed by atoms with E-state index in [2.05, 4.69) is 10.6 Å². The van der Waals surface area contributed by atoms with Gasteiger partial charge in [-0.3, -0.25) is 9.59 Å². The van der Waals surface area contributed by atoms with Crippen LogP contribution in [0.2, 0.25) is 0 Å². The zero-order valence-corrected chi connectivity index (χ0v) is 7.67. The van der Waals surface area contributed by atoms with Crippen molar-refractivity contribution in [1.29, 1.82) is 0 Å². The zero-order chi connectivity index (χ0) is 9.84. The van der Waals surface area contributed by atoms with Crippen LogP contribution in [0.1, 0.15) is 19.8 Å². The topological polar surface area (TPSA) is 84.2 Å². The summed E-state index contributed by atoms with van der Waals surface area (Å²) in [5, 5.41) is 5.30. The molecule has 1 rings (SSSR count). The number of hydrogen-bond donors (Lipinski definition) is 3. The average Bonchev–Trinajstić information content (AvgIpc) is 2.51. The third-order valence-corrected chi connectivity index (χ3v) is 2.05. The van der Waals surface area contributed by atoms with Crippen LogP contribution < -0.4 is 16.4 Å². The Morgan fingerprint density at radius 3 is 3.00 bits per heavy atom. The maximum atomic E-state index is 11.4. The summed E-state index contributed by atoms with van der Waals surface area (Å²) in [6.45, 7) is 2.24. The molecule has 5 heteroatoms. The number of nitrogens with two attached hydrogens (primary N) is 1. The number of amides is 2. The number of carbonyl (C=O) groups is 2. The second-order valence-corrected chi connectivity index (χ2v) is 3.30. The second-order valence-electron chi connectivity index (χ2n) is 3.30. The van der Waals surface area contributed by atoms with Crippen molar-refractivity contribution in [3.63, 3.8) is 0 Å². The number of nitrogens with one attached hydrogen (secondary N) is 2. The molecule has 1 aliphatic heterocycles. The van der Waals surface area contributed by atoms with E-state index in [0.29, 0.717) is 19.4 Å². The Kier molecular flexibility index (Phi) is 3.25. The summed E-state index contributed by atoms with van der Waals surface area (Å²) in [7, 11) is 0. The lowest BCUT2D eigenvalue weighted by molar-refractivity contribution is -0.126. The van der Waals surface area contributed by atoms with Gasteiger partial charge in [-0.05, 0) is 13.3 Å². The lowest BCUT2D eigenvalue weighted by Crippen LogP contribution is -2.47. The van der Waals surface area contributed by atoms with Gasteiger partial charge in [0.25, 0.3) is 0 Å². The highest BCUT2D eigenvalue weighted by Crippen LogP contribution is 2.06. The van der Waals surface area contributed by atoms with Crippen LogP contribution in [0.25, 0.3) is 0 Å². The Morgan fingerprint density at radius 2 is 2.54 bits per heavy atom. The van der Waals surface area contributed by atoms with E-state index in [4.69, 9.17) is 5.73 Å². The molecule has 1 aliphatic rings. The summed E-state index contributed by atoms with van der Waals surface area (Å²) < 4.78 is 0. The molecule has 5 nitrogen and oxygen atoms in total. The molecule has 0 bridgehead atoms. The molecule has 4 N–H and O–H groups in total. The van der Waals surface area contributed by atoms with Gasteiger partial charge in [0.05, 0.1) is 0 Å². The summed E-state index contributed by atoms with van der Waals surface area (Å²) in [6, 6.07) is -0.397. The first-order valence-corrected chi connectivity index (χ1v) is 4.43. The Bertz CT molecular complexity index is 217. The molecule has 1 heterocycles. The maximum absolute atomic E-state index is 11.4. The van der Waals surface area contributed by atoms with Crippen LogP contribution in [0.3, 0.4) is 0 Å². The predicted octanol–water partition coefficient (Wildman–Crippen LogP) is -1.27. The van der Waals surface area contributed by atoms with Gasteiger partial charge in [-0.15, -0.1) is 0 Å². The van der Waals surface area contributed by atoms with Crippen molar-refractivity contribution in [2.45, 2.75) is 31.8 Å². The summed E-state index contributed by atoms with van der Waals surface area (Å²) in [5.41, 5.74) is 5.34. The van der Waals surface area contributed by atoms with Gasteiger partial charge < -0.3 is 16.4 Å². The Hall–Kier alpha value is -1.10. The maximum Gasteiger partial charge on any atom is 0.242 e. The standard InChI is InChI=1S/C8H15N3O2/c1-5(4-9)10-8(13)6-2-3-7(12)11-6/h5-6H,2-4,9H2,1H3,(H,10,13)(H,11,12)/t5?,6-/m0/s1. The average molecular weight is 185 g/mol. The van der Waals surface area contributed by atoms with Crippen molar-refractivity contribution in [2.75, 3.05) is 6.54 Å². The minimum Gasteiger partial charge on any atom is -0.351 e. The molecular formula is C8H15N3O2. The molecule has 2 atom stereocenters. The third kappa shape index (κ3) is 2.69. The van der Waals surface area contributed by atoms with Gasteiger partial charge in [-0.1, -0.05) is 0 Å². The molecule has 0 saturated carbocycles. The molecule has 74 valence electrons. The molecule has 1 fully saturated rings. The molecule has 0 aromatic heterocycles. The van der Waals surface area contributed by atoms with E-state index in [9.17, 15) is 9.59 Å². The second kappa shape index (κ2) is 4.23. The molecule has 2 amide bonds. The van der Waals surface area contributed by atoms with Crippen LogP contribution in [0.15, 0.2) is 0 Å². The minimum atomic E-state index is -0.360. The van der Waals surface area contributed by atoms with Crippen molar-refractivity contribution in [3.05, 3.63) is 0 Å². The summed E-state index contributed by atoms with van der Waals surface area (Å²) in [4.78, 5) is 22.2. The zero-order valence-electron chi connectivity index (χ0n) is 7.67. The van der Waals surface area contributed by atoms with E-state index >= 15 is 0 Å². The van der Waals surface area contributed by atoms with E-state index in [1.807, 2.05) is 6.92 Å². The Morgan fingerprint density at radius 1 is 1.85 bits per heavy atom. The van der Waals surface area contributed by atoms with Gasteiger partial charge in [0.15, 0.2) is 0 Å². The van der Waals surface area contributed by atoms with Crippen LogP contribution in [-0.2, 0) is 9.59 Å². The first-order chi connectivity index (χ1) is 6.13. The highest BCUT2D eigenvalue weighted by atomic mass is 16.2. The van der Waals surface area contributed by atoms with E-state index in [1.54, 1.807) is 0 Å². The van der Waals surface area contributed by atoms with Crippen LogP contribution in [0, 0.1) is 0 Å². The molecule has 0 aromatic carbocycles. The summed E-state index contributed by atoms with van der Waals surface area (Å²) in [6.07, 6.45) is 1.02. The van der Waals surface area contributed by atoms with E-state index < -0.39 is 0 Å². The molecule has 1 unspecified atom stereocenters. The smallest absolute Gasteiger partial charge is 0.242 e. The van der Waals surface area contributed by atoms with E-state index in [0.717, 1.165) is 0 Å². The minimum absolute atomic E-state index is 0.0370. The quantitative estimate of drug-likeness (QED) is 0.512. The van der Waals surface area contributed by atoms with Gasteiger partial charge in [-0.2, -0.15) is 0 Å². The van der Waals surface area contributed by atoms with Crippen molar-refractivity contribution in [2.24, 2.45) is 5.73 Å². The monoisotopic (exact) mass is 185 g/mol. The van der Waals surface area contributed by atoms with Gasteiger partial charge in [0, 0.05) is 19.0 Å². The number of rotatable bonds is 3. The lowest BCUT2D eigenvalue weighted by Gasteiger charge is -2.15. The molecule has 0 aromatic rings. The normalized spacial score (nSPS) is 23.8. The lowest BCUT2D eigenvalue weighted by atomic mass is 10.2. The SMILES string of the molecule is CC(CN)NC(=O)[C@@H]1CCC(=O)N1. The van der Waals surface area contributed by atoms with Crippen molar-refractivity contribution >= 4 is 11.8 Å². The Labute approximate surface area is 77.1 Å². The fourth-order valence-electron chi connectivity index (χ4n) is 1.21. The van der Waals surface area contributed by atoms with Crippen molar-refractivity contribution in [3.8, 4) is 0 Å². The van der Waals surface area contributed by atoms with E-state index in [1.165, 1.54) is 0 Å². The van der Waals surface area contributed by atoms with Crippen LogP contribution in [0.5, 0.6) is 0 Å². The largest absolute Gasteiger partial charge is 0.351 e. The van der Waals surface area contributed by atoms with Crippen molar-refractivity contribution < 1.29 is 9.59 Å². The number of carbonyl (C=O) groups excluding carboxylic acids is 2. The van der Waals surface area contributed by atoms with Crippen LogP contribution in [-0.4, -0.2) is 30.4 Å². The molecule has 0 spiro atoms. The fourth-order valence-corrected chi connectivity index (χ4v) is 1.21. The Balaban J connectivity index is 2.35. The summed E-state index contributed by atoms with van der Waals surface area (Å²) >= 11 is 0. The predicted molar refractivity (Wildman–Crippen MR) is 47.8 cm³/mol. The fraction of sp³-hybridized carbons (Fsp3) is 0.750. The third-order valence-electron chi connectivity index (χ3n) is 2.05. The molecule has 0 aliphatic carbocycles. The van der Waals surface area contributed by atoms with Gasteiger partial charge in [0.1, 0.15) is 6.04 Å². The van der Waals surface area contributed by atoms with Gasteiger partial charge in [0.2, 0.25) is 11.8 Å². The molecular weight excluding hydrogens is 170 g/mol. The molecule has 0 radical (unpaired) electrons. The molecule has 13 heavy (non-hydrogen) atoms. The van der Waals surface area contributed by atoms with Gasteiger partial charge in [-0.25, -0.2) is 0 Å². The first-order valence-electron chi connectivity index (χ1n) is 4.43. The van der Waals surface area contributed by atoms with Crippen molar-refractivity contribution in [1.82, 2.24) is 10.6 Å². The first kappa shape index (κ1) is 9.98. The summed E-state index contributed by atoms with van der Waals surface area (Å²) in [5.74, 6) is -0.190. The molecule has 1 saturated heterocycles. The van der Waals surface area contributed by atoms with Gasteiger partial charge >= 0.3 is 0 Å². The van der Waals surface area contributed by atoms with Crippen LogP contribution in [0.4, 0.5) is 0 Å². The van der Waals surface area contributed by atoms with Crippen LogP contribution >= 0.6 is 0 Å². The highest BCUT2D eigenvalue weighted by Gasteiger charge is 2.27. The highest BCUT2D eigenvalue weighted by molar-refractivity contribution is 5.90. The van der Waals surface area contributed by atoms with E-state index in [-0.39, 0.29) is 23.9 Å². The number of hydrogen-bond acceptors (Lipinski definition) is 3.